The van der Waals surface area contributed by atoms with Crippen molar-refractivity contribution in [1.29, 1.82) is 0 Å². The molecule has 628 valence electrons. The van der Waals surface area contributed by atoms with Gasteiger partial charge in [-0.25, -0.2) is 4.79 Å². The summed E-state index contributed by atoms with van der Waals surface area (Å²) >= 11 is 2.47. The minimum atomic E-state index is -5.08. The van der Waals surface area contributed by atoms with Crippen molar-refractivity contribution in [3.63, 3.8) is 0 Å². The minimum absolute atomic E-state index is 0.0189. The van der Waals surface area contributed by atoms with Gasteiger partial charge in [-0.15, -0.1) is 0 Å². The van der Waals surface area contributed by atoms with Crippen LogP contribution in [-0.4, -0.2) is 273 Å². The molecule has 46 heteroatoms. The molecule has 0 radical (unpaired) electrons. The summed E-state index contributed by atoms with van der Waals surface area (Å²) in [6.07, 6.45) is -3.75. The first-order valence-corrected chi connectivity index (χ1v) is 37.8. The molecule has 13 amide bonds. The molecule has 13 atom stereocenters. The van der Waals surface area contributed by atoms with Crippen LogP contribution in [0.3, 0.4) is 0 Å². The third-order valence-corrected chi connectivity index (χ3v) is 17.3. The number of aliphatic hydroxyl groups excluding tert-OH is 2. The van der Waals surface area contributed by atoms with Crippen molar-refractivity contribution in [2.75, 3.05) is 63.3 Å². The molecule has 0 saturated heterocycles. The highest BCUT2D eigenvalue weighted by Gasteiger charge is 2.40. The maximum absolute atomic E-state index is 14.5. The number of rotatable bonds is 54. The molecule has 1 rings (SSSR count). The quantitative estimate of drug-likeness (QED) is 0.0164. The van der Waals surface area contributed by atoms with Gasteiger partial charge in [0.05, 0.1) is 31.7 Å². The van der Waals surface area contributed by atoms with Crippen molar-refractivity contribution in [3.8, 4) is 5.75 Å². The lowest BCUT2D eigenvalue weighted by Gasteiger charge is -2.29. The molecule has 1 aromatic rings. The van der Waals surface area contributed by atoms with Crippen LogP contribution < -0.4 is 98.2 Å². The van der Waals surface area contributed by atoms with E-state index in [4.69, 9.17) is 49.4 Å². The number of benzene rings is 1. The molecule has 1 aromatic carbocycles. The third-order valence-electron chi connectivity index (χ3n) is 16.1. The van der Waals surface area contributed by atoms with E-state index in [-0.39, 0.29) is 80.4 Å². The van der Waals surface area contributed by atoms with Crippen LogP contribution in [0.15, 0.2) is 29.3 Å². The number of aliphatic carboxylic acids is 3. The number of nitrogens with zero attached hydrogens (tertiary/aromatic N) is 1. The summed E-state index contributed by atoms with van der Waals surface area (Å²) in [6, 6.07) is -11.8. The van der Waals surface area contributed by atoms with Gasteiger partial charge in [-0.2, -0.15) is 36.7 Å². The Kier molecular flexibility index (Phi) is 49.8. The fraction of sp³-hybridized carbons (Fsp3) is 0.646. The summed E-state index contributed by atoms with van der Waals surface area (Å²) < 4.78 is 31.7. The number of phenols is 1. The molecule has 0 spiro atoms. The first kappa shape index (κ1) is 101. The lowest BCUT2D eigenvalue weighted by Crippen LogP contribution is -2.62. The Morgan fingerprint density at radius 1 is 0.505 bits per heavy atom. The number of carboxylic acids is 3. The fourth-order valence-corrected chi connectivity index (χ4v) is 10.7. The van der Waals surface area contributed by atoms with Gasteiger partial charge in [-0.1, -0.05) is 38.8 Å². The third kappa shape index (κ3) is 42.8. The first-order chi connectivity index (χ1) is 52.1. The second kappa shape index (κ2) is 54.7. The van der Waals surface area contributed by atoms with Gasteiger partial charge in [0.15, 0.2) is 5.96 Å². The standard InChI is InChI=1S/C63H107N19O20S2.C2HF3O2/c1-6-33(2)50(61(101)72-31-49(90)91)81-56(96)40(19-20-46(67)86)76-55(95)41(21-26-103-4)78-62(102)51(34(3)84)82-57(97)42(22-27-104-5)77-58(98)43(28-35-15-17-36(85)18-16-35)79-59(99)44(29-48(88)89)73-47(87)30-71-53(93)38(14-11-25-70-63(68)69)75-60(100)45(32-83)80-54(94)39(13-8-10-24-65)74-52(92)37(66)12-7-9-23-64;3-2(4,5)1(6)7/h15-18,33-34,37-45,50-51,83-85H,6-14,19-32,64-66H2,1-5H3,(H2,67,86)(H,71,93)(H,72,101)(H,73,87)(H,74,92)(H,75,100)(H,76,95)(H,77,98)(H,78,102)(H,79,99)(H,80,94)(H,81,96)(H,82,97)(H,88,89)(H,90,91)(H4,68,69,70);(H,6,7)/t33-,34+,37-,38-,39-,40-,41-,42-,43-,44-,45-,50-,51-;/m0./s1. The van der Waals surface area contributed by atoms with Crippen molar-refractivity contribution in [2.45, 2.75) is 196 Å². The number of halogens is 3. The Morgan fingerprint density at radius 3 is 1.40 bits per heavy atom. The van der Waals surface area contributed by atoms with Crippen molar-refractivity contribution in [3.05, 3.63) is 29.8 Å². The largest absolute Gasteiger partial charge is 0.508 e. The smallest absolute Gasteiger partial charge is 0.490 e. The molecule has 0 aliphatic heterocycles. The van der Waals surface area contributed by atoms with Crippen molar-refractivity contribution >= 4 is 124 Å². The zero-order chi connectivity index (χ0) is 84.7. The molecule has 0 saturated carbocycles. The molecule has 0 aromatic heterocycles. The number of hydrogen-bond donors (Lipinski definition) is 24. The number of aliphatic imine (C=N–C) groups is 1. The number of carboxylic acid groups (broad SMARTS) is 3. The van der Waals surface area contributed by atoms with E-state index in [0.29, 0.717) is 38.6 Å². The number of primary amides is 1. The Bertz CT molecular complexity index is 3260. The molecule has 41 nitrogen and oxygen atoms in total. The summed E-state index contributed by atoms with van der Waals surface area (Å²) in [6.45, 7) is 2.22. The van der Waals surface area contributed by atoms with Gasteiger partial charge in [0.1, 0.15) is 72.7 Å². The van der Waals surface area contributed by atoms with Gasteiger partial charge >= 0.3 is 24.1 Å². The van der Waals surface area contributed by atoms with Gasteiger partial charge in [0.25, 0.3) is 0 Å². The summed E-state index contributed by atoms with van der Waals surface area (Å²) in [5.74, 6) is -19.6. The van der Waals surface area contributed by atoms with Crippen LogP contribution >= 0.6 is 23.5 Å². The second-order valence-corrected chi connectivity index (χ2v) is 27.1. The molecule has 30 N–H and O–H groups in total. The molecule has 0 fully saturated rings. The Labute approximate surface area is 646 Å². The van der Waals surface area contributed by atoms with Crippen LogP contribution in [0.25, 0.3) is 0 Å². The summed E-state index contributed by atoms with van der Waals surface area (Å²) in [5.41, 5.74) is 33.8. The predicted molar refractivity (Wildman–Crippen MR) is 397 cm³/mol. The van der Waals surface area contributed by atoms with E-state index in [9.17, 15) is 106 Å². The minimum Gasteiger partial charge on any atom is -0.508 e. The summed E-state index contributed by atoms with van der Waals surface area (Å²) in [4.78, 5) is 214. The lowest BCUT2D eigenvalue weighted by atomic mass is 9.97. The van der Waals surface area contributed by atoms with Crippen molar-refractivity contribution in [1.82, 2.24) is 63.8 Å². The molecule has 0 aliphatic rings. The van der Waals surface area contributed by atoms with Crippen molar-refractivity contribution < 1.29 is 121 Å². The summed E-state index contributed by atoms with van der Waals surface area (Å²) in [5, 5.41) is 86.3. The first-order valence-electron chi connectivity index (χ1n) is 35.0. The number of nitrogens with two attached hydrogens (primary N) is 6. The van der Waals surface area contributed by atoms with E-state index in [1.807, 2.05) is 0 Å². The SMILES string of the molecule is CC[C@H](C)[C@H](NC(=O)[C@H](CCC(N)=O)NC(=O)[C@H](CCSC)NC(=O)[C@@H](NC(=O)[C@H](CCSC)NC(=O)[C@H](Cc1ccc(O)cc1)NC(=O)[C@H](CC(=O)O)NC(=O)CNC(=O)[C@H](CCCN=C(N)N)NC(=O)[C@H](CO)NC(=O)[C@H](CCCCN)NC(=O)[C@@H](N)CCCCN)[C@@H](C)O)C(=O)NCC(=O)O.O=C(O)C(F)(F)F. The van der Waals surface area contributed by atoms with E-state index in [0.717, 1.165) is 6.92 Å². The van der Waals surface area contributed by atoms with E-state index in [1.165, 1.54) is 47.8 Å². The molecule has 0 aliphatic carbocycles. The Morgan fingerprint density at radius 2 is 0.928 bits per heavy atom. The van der Waals surface area contributed by atoms with Crippen LogP contribution in [0.2, 0.25) is 0 Å². The summed E-state index contributed by atoms with van der Waals surface area (Å²) in [7, 11) is 0. The number of phenolic OH excluding ortho intramolecular Hbond substituents is 1. The van der Waals surface area contributed by atoms with Crippen molar-refractivity contribution in [2.24, 2.45) is 45.3 Å². The number of nitrogens with one attached hydrogen (secondary N) is 12. The van der Waals surface area contributed by atoms with E-state index < -0.39 is 225 Å². The average Bonchev–Trinajstić information content (AvgIpc) is 0.851. The normalized spacial score (nSPS) is 14.5. The second-order valence-electron chi connectivity index (χ2n) is 25.1. The number of unbranched alkanes of at least 4 members (excludes halogenated alkanes) is 2. The number of amides is 13. The number of carbonyl (C=O) groups excluding carboxylic acids is 13. The lowest BCUT2D eigenvalue weighted by molar-refractivity contribution is -0.192. The molecular formula is C65H108F3N19O22S2. The van der Waals surface area contributed by atoms with E-state index in [2.05, 4.69) is 68.8 Å². The van der Waals surface area contributed by atoms with Gasteiger partial charge in [-0.05, 0) is 132 Å². The number of aromatic hydroxyl groups is 1. The number of guanidine groups is 1. The van der Waals surface area contributed by atoms with E-state index >= 15 is 0 Å². The van der Waals surface area contributed by atoms with Gasteiger partial charge in [0.2, 0.25) is 76.8 Å². The van der Waals surface area contributed by atoms with Crippen LogP contribution in [0.5, 0.6) is 5.75 Å². The predicted octanol–water partition coefficient (Wildman–Crippen LogP) is -6.96. The highest BCUT2D eigenvalue weighted by atomic mass is 32.2. The van der Waals surface area contributed by atoms with Gasteiger partial charge in [0, 0.05) is 19.4 Å². The highest BCUT2D eigenvalue weighted by molar-refractivity contribution is 7.98. The maximum atomic E-state index is 14.5. The van der Waals surface area contributed by atoms with Crippen LogP contribution in [-0.2, 0) is 83.1 Å². The molecule has 111 heavy (non-hydrogen) atoms. The number of hydrogen-bond acceptors (Lipinski definition) is 25. The highest BCUT2D eigenvalue weighted by Crippen LogP contribution is 2.16. The zero-order valence-electron chi connectivity index (χ0n) is 62.2. The Balaban J connectivity index is 0.0000164. The molecule has 0 heterocycles. The topological polar surface area (TPSA) is 707 Å². The van der Waals surface area contributed by atoms with Crippen LogP contribution in [0.4, 0.5) is 13.2 Å². The molecule has 0 bridgehead atoms. The van der Waals surface area contributed by atoms with E-state index in [1.54, 1.807) is 26.4 Å². The fourth-order valence-electron chi connectivity index (χ4n) is 9.72. The van der Waals surface area contributed by atoms with Crippen LogP contribution in [0.1, 0.15) is 116 Å². The average molecular weight is 1630 g/mol. The number of aliphatic hydroxyl groups is 2. The molecular weight excluding hydrogens is 1520 g/mol. The monoisotopic (exact) mass is 1630 g/mol. The number of thioether (sulfide) groups is 2. The Hall–Kier alpha value is -9.90. The van der Waals surface area contributed by atoms with Crippen LogP contribution in [0, 0.1) is 5.92 Å². The molecule has 0 unspecified atom stereocenters. The maximum Gasteiger partial charge on any atom is 0.490 e. The zero-order valence-corrected chi connectivity index (χ0v) is 63.8. The number of alkyl halides is 3. The van der Waals surface area contributed by atoms with Gasteiger partial charge in [-0.3, -0.25) is 76.9 Å². The number of carbonyl (C=O) groups is 16. The van der Waals surface area contributed by atoms with Gasteiger partial charge < -0.3 is 129 Å².